The molecule has 2 amide bonds. The van der Waals surface area contributed by atoms with E-state index in [1.807, 2.05) is 25.1 Å². The number of hydrogen-bond donors (Lipinski definition) is 2. The van der Waals surface area contributed by atoms with E-state index in [1.54, 1.807) is 6.07 Å². The number of carbonyl (C=O) groups excluding carboxylic acids is 2. The van der Waals surface area contributed by atoms with Crippen LogP contribution in [0.5, 0.6) is 0 Å². The maximum Gasteiger partial charge on any atom is 0.328 e. The summed E-state index contributed by atoms with van der Waals surface area (Å²) in [6, 6.07) is 6.21. The van der Waals surface area contributed by atoms with Gasteiger partial charge in [0.05, 0.1) is 13.2 Å². The van der Waals surface area contributed by atoms with Crippen molar-refractivity contribution in [2.45, 2.75) is 25.5 Å². The number of β-amino-alcohol motifs (C(OH)–C–C–N with tert-alkyl or cyclic N) is 1. The van der Waals surface area contributed by atoms with Gasteiger partial charge in [0.25, 0.3) is 0 Å². The highest BCUT2D eigenvalue weighted by atomic mass is 16.5. The number of carbonyl (C=O) groups is 2. The molecule has 2 atom stereocenters. The first-order valence-corrected chi connectivity index (χ1v) is 6.41. The fourth-order valence-electron chi connectivity index (χ4n) is 2.32. The molecule has 2 N–H and O–H groups in total. The third-order valence-corrected chi connectivity index (χ3v) is 3.28. The number of nitrogens with zero attached hydrogens (tertiary/aromatic N) is 1. The molecule has 0 saturated carbocycles. The van der Waals surface area contributed by atoms with Gasteiger partial charge in [0.2, 0.25) is 0 Å². The lowest BCUT2D eigenvalue weighted by Crippen LogP contribution is -2.43. The van der Waals surface area contributed by atoms with Gasteiger partial charge >= 0.3 is 12.0 Å². The molecule has 0 aliphatic carbocycles. The molecule has 2 unspecified atom stereocenters. The molecule has 1 heterocycles. The molecule has 0 bridgehead atoms. The Labute approximate surface area is 117 Å². The van der Waals surface area contributed by atoms with E-state index in [4.69, 9.17) is 0 Å². The third-order valence-electron chi connectivity index (χ3n) is 3.28. The summed E-state index contributed by atoms with van der Waals surface area (Å²) in [6.07, 6.45) is -0.504. The maximum absolute atomic E-state index is 12.2. The van der Waals surface area contributed by atoms with Crippen molar-refractivity contribution in [1.29, 1.82) is 0 Å². The summed E-state index contributed by atoms with van der Waals surface area (Å²) < 4.78 is 4.66. The standard InChI is InChI=1S/C14H18N2O4/c1-9-4-3-5-10(6-9)15-14(19)16-8-11(17)7-12(16)13(18)20-2/h3-6,11-12,17H,7-8H2,1-2H3,(H,15,19). The van der Waals surface area contributed by atoms with Crippen molar-refractivity contribution in [3.63, 3.8) is 0 Å². The molecule has 0 aromatic heterocycles. The molecule has 108 valence electrons. The van der Waals surface area contributed by atoms with Crippen molar-refractivity contribution in [3.05, 3.63) is 29.8 Å². The Morgan fingerprint density at radius 3 is 2.85 bits per heavy atom. The lowest BCUT2D eigenvalue weighted by Gasteiger charge is -2.22. The number of aliphatic hydroxyl groups excluding tert-OH is 1. The summed E-state index contributed by atoms with van der Waals surface area (Å²) in [4.78, 5) is 25.1. The number of anilines is 1. The Bertz CT molecular complexity index is 518. The van der Waals surface area contributed by atoms with Gasteiger partial charge in [-0.1, -0.05) is 12.1 Å². The van der Waals surface area contributed by atoms with Crippen LogP contribution in [0.4, 0.5) is 10.5 Å². The molecule has 6 nitrogen and oxygen atoms in total. The van der Waals surface area contributed by atoms with Crippen LogP contribution in [0.3, 0.4) is 0 Å². The topological polar surface area (TPSA) is 78.9 Å². The summed E-state index contributed by atoms with van der Waals surface area (Å²) in [7, 11) is 1.27. The van der Waals surface area contributed by atoms with Gasteiger partial charge in [0.1, 0.15) is 6.04 Å². The second-order valence-electron chi connectivity index (χ2n) is 4.88. The minimum atomic E-state index is -0.736. The van der Waals surface area contributed by atoms with E-state index in [1.165, 1.54) is 12.0 Å². The number of amides is 2. The zero-order valence-corrected chi connectivity index (χ0v) is 11.5. The minimum absolute atomic E-state index is 0.122. The van der Waals surface area contributed by atoms with Crippen LogP contribution in [0.15, 0.2) is 24.3 Å². The van der Waals surface area contributed by atoms with Gasteiger partial charge in [-0.25, -0.2) is 9.59 Å². The second kappa shape index (κ2) is 5.92. The highest BCUT2D eigenvalue weighted by Crippen LogP contribution is 2.20. The van der Waals surface area contributed by atoms with Crippen molar-refractivity contribution in [2.75, 3.05) is 19.0 Å². The normalized spacial score (nSPS) is 21.6. The lowest BCUT2D eigenvalue weighted by molar-refractivity contribution is -0.144. The molecule has 1 aromatic carbocycles. The average Bonchev–Trinajstić information content (AvgIpc) is 2.80. The predicted octanol–water partition coefficient (Wildman–Crippen LogP) is 1.14. The first-order valence-electron chi connectivity index (χ1n) is 6.41. The fraction of sp³-hybridized carbons (Fsp3) is 0.429. The molecule has 1 aromatic rings. The average molecular weight is 278 g/mol. The number of methoxy groups -OCH3 is 1. The number of esters is 1. The highest BCUT2D eigenvalue weighted by Gasteiger charge is 2.39. The molecular weight excluding hydrogens is 260 g/mol. The van der Waals surface area contributed by atoms with E-state index in [9.17, 15) is 14.7 Å². The fourth-order valence-corrected chi connectivity index (χ4v) is 2.32. The first kappa shape index (κ1) is 14.3. The van der Waals surface area contributed by atoms with Crippen LogP contribution >= 0.6 is 0 Å². The number of likely N-dealkylation sites (tertiary alicyclic amines) is 1. The minimum Gasteiger partial charge on any atom is -0.467 e. The number of urea groups is 1. The molecule has 1 saturated heterocycles. The summed E-state index contributed by atoms with van der Waals surface area (Å²) in [5, 5.41) is 12.4. The summed E-state index contributed by atoms with van der Waals surface area (Å²) in [6.45, 7) is 2.05. The van der Waals surface area contributed by atoms with Crippen molar-refractivity contribution >= 4 is 17.7 Å². The van der Waals surface area contributed by atoms with Gasteiger partial charge < -0.3 is 20.1 Å². The molecule has 1 aliphatic rings. The summed E-state index contributed by atoms with van der Waals surface area (Å²) in [5.41, 5.74) is 1.67. The molecule has 6 heteroatoms. The second-order valence-corrected chi connectivity index (χ2v) is 4.88. The number of nitrogens with one attached hydrogen (secondary N) is 1. The number of hydrogen-bond acceptors (Lipinski definition) is 4. The number of aryl methyl sites for hydroxylation is 1. The van der Waals surface area contributed by atoms with Gasteiger partial charge in [-0.2, -0.15) is 0 Å². The smallest absolute Gasteiger partial charge is 0.328 e. The van der Waals surface area contributed by atoms with Crippen LogP contribution < -0.4 is 5.32 Å². The largest absolute Gasteiger partial charge is 0.467 e. The van der Waals surface area contributed by atoms with Crippen molar-refractivity contribution < 1.29 is 19.4 Å². The van der Waals surface area contributed by atoms with E-state index in [0.29, 0.717) is 5.69 Å². The van der Waals surface area contributed by atoms with Crippen LogP contribution in [0, 0.1) is 6.92 Å². The Morgan fingerprint density at radius 2 is 2.20 bits per heavy atom. The van der Waals surface area contributed by atoms with Crippen molar-refractivity contribution in [2.24, 2.45) is 0 Å². The van der Waals surface area contributed by atoms with Crippen LogP contribution in [0.2, 0.25) is 0 Å². The Balaban J connectivity index is 2.09. The molecule has 0 radical (unpaired) electrons. The van der Waals surface area contributed by atoms with E-state index in [-0.39, 0.29) is 13.0 Å². The molecule has 0 spiro atoms. The first-order chi connectivity index (χ1) is 9.51. The quantitative estimate of drug-likeness (QED) is 0.795. The van der Waals surface area contributed by atoms with Crippen LogP contribution in [0.1, 0.15) is 12.0 Å². The molecule has 2 rings (SSSR count). The van der Waals surface area contributed by atoms with Crippen molar-refractivity contribution in [3.8, 4) is 0 Å². The van der Waals surface area contributed by atoms with Gasteiger partial charge in [0.15, 0.2) is 0 Å². The number of ether oxygens (including phenoxy) is 1. The maximum atomic E-state index is 12.2. The Hall–Kier alpha value is -2.08. The van der Waals surface area contributed by atoms with Crippen LogP contribution in [-0.2, 0) is 9.53 Å². The Kier molecular flexibility index (Phi) is 4.24. The molecule has 1 fully saturated rings. The van der Waals surface area contributed by atoms with Gasteiger partial charge in [-0.05, 0) is 24.6 Å². The van der Waals surface area contributed by atoms with Gasteiger partial charge in [-0.15, -0.1) is 0 Å². The van der Waals surface area contributed by atoms with E-state index in [0.717, 1.165) is 5.56 Å². The third kappa shape index (κ3) is 3.08. The number of rotatable bonds is 2. The zero-order chi connectivity index (χ0) is 14.7. The van der Waals surface area contributed by atoms with Crippen LogP contribution in [0.25, 0.3) is 0 Å². The predicted molar refractivity (Wildman–Crippen MR) is 73.3 cm³/mol. The van der Waals surface area contributed by atoms with Gasteiger partial charge in [-0.3, -0.25) is 0 Å². The number of benzene rings is 1. The van der Waals surface area contributed by atoms with Crippen molar-refractivity contribution in [1.82, 2.24) is 4.90 Å². The monoisotopic (exact) mass is 278 g/mol. The summed E-state index contributed by atoms with van der Waals surface area (Å²) >= 11 is 0. The molecule has 20 heavy (non-hydrogen) atoms. The van der Waals surface area contributed by atoms with E-state index >= 15 is 0 Å². The molecule has 1 aliphatic heterocycles. The highest BCUT2D eigenvalue weighted by molar-refractivity contribution is 5.93. The number of aliphatic hydroxyl groups is 1. The Morgan fingerprint density at radius 1 is 1.45 bits per heavy atom. The zero-order valence-electron chi connectivity index (χ0n) is 11.5. The van der Waals surface area contributed by atoms with Gasteiger partial charge in [0, 0.05) is 18.7 Å². The van der Waals surface area contributed by atoms with Crippen LogP contribution in [-0.4, -0.2) is 47.8 Å². The van der Waals surface area contributed by atoms with E-state index in [2.05, 4.69) is 10.1 Å². The molecular formula is C14H18N2O4. The SMILES string of the molecule is COC(=O)C1CC(O)CN1C(=O)Nc1cccc(C)c1. The lowest BCUT2D eigenvalue weighted by atomic mass is 10.2. The van der Waals surface area contributed by atoms with E-state index < -0.39 is 24.1 Å². The summed E-state index contributed by atoms with van der Waals surface area (Å²) in [5.74, 6) is -0.513.